The maximum atomic E-state index is 12.1. The van der Waals surface area contributed by atoms with Crippen LogP contribution in [0.15, 0.2) is 41.8 Å². The molecule has 0 radical (unpaired) electrons. The number of ketones is 1. The number of aryl methyl sites for hydroxylation is 1. The monoisotopic (exact) mass is 371 g/mol. The number of anilines is 1. The van der Waals surface area contributed by atoms with Gasteiger partial charge in [0.15, 0.2) is 12.4 Å². The Morgan fingerprint density at radius 2 is 1.85 bits per heavy atom. The van der Waals surface area contributed by atoms with E-state index in [0.29, 0.717) is 11.3 Å². The Bertz CT molecular complexity index is 819. The molecule has 0 bridgehead atoms. The molecule has 5 nitrogen and oxygen atoms in total. The predicted molar refractivity (Wildman–Crippen MR) is 103 cm³/mol. The number of hydrogen-bond acceptors (Lipinski definition) is 5. The van der Waals surface area contributed by atoms with Crippen molar-refractivity contribution in [1.82, 2.24) is 0 Å². The van der Waals surface area contributed by atoms with Gasteiger partial charge >= 0.3 is 5.97 Å². The van der Waals surface area contributed by atoms with E-state index in [2.05, 4.69) is 5.32 Å². The van der Waals surface area contributed by atoms with Crippen LogP contribution in [0.2, 0.25) is 0 Å². The molecule has 6 heteroatoms. The van der Waals surface area contributed by atoms with Crippen LogP contribution < -0.4 is 5.32 Å². The van der Waals surface area contributed by atoms with Crippen molar-refractivity contribution in [2.45, 2.75) is 20.8 Å². The molecule has 1 aromatic heterocycles. The van der Waals surface area contributed by atoms with E-state index < -0.39 is 5.97 Å². The molecule has 0 aliphatic heterocycles. The van der Waals surface area contributed by atoms with E-state index in [-0.39, 0.29) is 24.2 Å². The molecule has 1 N–H and O–H groups in total. The third-order valence-corrected chi connectivity index (χ3v) is 4.60. The maximum absolute atomic E-state index is 12.1. The normalized spacial score (nSPS) is 10.9. The van der Waals surface area contributed by atoms with Gasteiger partial charge in [-0.1, -0.05) is 13.8 Å². The summed E-state index contributed by atoms with van der Waals surface area (Å²) in [6, 6.07) is 8.45. The number of nitrogens with one attached hydrogen (secondary N) is 1. The fourth-order valence-corrected chi connectivity index (χ4v) is 2.81. The number of carbonyl (C=O) groups excluding carboxylic acids is 3. The highest BCUT2D eigenvalue weighted by Gasteiger charge is 2.10. The third-order valence-electron chi connectivity index (χ3n) is 3.62. The molecule has 0 saturated carbocycles. The molecular formula is C20H21NO4S. The second-order valence-electron chi connectivity index (χ2n) is 6.05. The predicted octanol–water partition coefficient (Wildman–Crippen LogP) is 4.09. The fourth-order valence-electron chi connectivity index (χ4n) is 1.99. The zero-order valence-electron chi connectivity index (χ0n) is 14.9. The molecule has 0 aliphatic rings. The van der Waals surface area contributed by atoms with Crippen LogP contribution in [0.4, 0.5) is 5.69 Å². The highest BCUT2D eigenvalue weighted by Crippen LogP contribution is 2.17. The van der Waals surface area contributed by atoms with Crippen molar-refractivity contribution in [1.29, 1.82) is 0 Å². The van der Waals surface area contributed by atoms with E-state index in [1.165, 1.54) is 17.4 Å². The second-order valence-corrected chi connectivity index (χ2v) is 7.00. The highest BCUT2D eigenvalue weighted by atomic mass is 32.1. The Hall–Kier alpha value is -2.73. The lowest BCUT2D eigenvalue weighted by Crippen LogP contribution is -2.18. The number of thiophene rings is 1. The number of hydrogen-bond donors (Lipinski definition) is 1. The van der Waals surface area contributed by atoms with Crippen molar-refractivity contribution >= 4 is 40.8 Å². The van der Waals surface area contributed by atoms with Crippen molar-refractivity contribution < 1.29 is 19.1 Å². The molecule has 0 atom stereocenters. The van der Waals surface area contributed by atoms with Gasteiger partial charge in [0.05, 0.1) is 0 Å². The van der Waals surface area contributed by atoms with Crippen molar-refractivity contribution in [3.8, 4) is 0 Å². The van der Waals surface area contributed by atoms with E-state index >= 15 is 0 Å². The number of benzene rings is 1. The first-order valence-electron chi connectivity index (χ1n) is 8.20. The first-order valence-corrected chi connectivity index (χ1v) is 9.08. The third kappa shape index (κ3) is 5.67. The van der Waals surface area contributed by atoms with Gasteiger partial charge in [0.25, 0.3) is 0 Å². The SMILES string of the molecule is Cc1ccsc1/C=C/C(=O)OCC(=O)c1ccc(NC(=O)C(C)C)cc1. The van der Waals surface area contributed by atoms with Gasteiger partial charge in [0, 0.05) is 28.1 Å². The number of rotatable bonds is 7. The van der Waals surface area contributed by atoms with Crippen LogP contribution in [0.25, 0.3) is 6.08 Å². The molecular weight excluding hydrogens is 350 g/mol. The smallest absolute Gasteiger partial charge is 0.331 e. The molecule has 0 unspecified atom stereocenters. The highest BCUT2D eigenvalue weighted by molar-refractivity contribution is 7.11. The van der Waals surface area contributed by atoms with Gasteiger partial charge in [-0.25, -0.2) is 4.79 Å². The molecule has 0 aliphatic carbocycles. The van der Waals surface area contributed by atoms with E-state index in [9.17, 15) is 14.4 Å². The van der Waals surface area contributed by atoms with Gasteiger partial charge in [-0.2, -0.15) is 0 Å². The minimum atomic E-state index is -0.563. The van der Waals surface area contributed by atoms with Crippen LogP contribution in [0.1, 0.15) is 34.6 Å². The van der Waals surface area contributed by atoms with Crippen LogP contribution in [0, 0.1) is 12.8 Å². The molecule has 26 heavy (non-hydrogen) atoms. The molecule has 1 heterocycles. The zero-order valence-corrected chi connectivity index (χ0v) is 15.8. The van der Waals surface area contributed by atoms with Crippen LogP contribution in [0.3, 0.4) is 0 Å². The summed E-state index contributed by atoms with van der Waals surface area (Å²) < 4.78 is 4.98. The van der Waals surface area contributed by atoms with Crippen LogP contribution in [-0.4, -0.2) is 24.3 Å². The van der Waals surface area contributed by atoms with Crippen LogP contribution in [0.5, 0.6) is 0 Å². The lowest BCUT2D eigenvalue weighted by molar-refractivity contribution is -0.136. The van der Waals surface area contributed by atoms with Gasteiger partial charge in [-0.05, 0) is 54.3 Å². The number of amides is 1. The summed E-state index contributed by atoms with van der Waals surface area (Å²) in [5.74, 6) is -1.08. The molecule has 2 aromatic rings. The molecule has 0 spiro atoms. The Labute approximate surface area is 156 Å². The van der Waals surface area contributed by atoms with Crippen molar-refractivity contribution in [2.75, 3.05) is 11.9 Å². The van der Waals surface area contributed by atoms with E-state index in [1.807, 2.05) is 18.4 Å². The molecule has 2 rings (SSSR count). The maximum Gasteiger partial charge on any atom is 0.331 e. The Kier molecular flexibility index (Phi) is 6.86. The first-order chi connectivity index (χ1) is 12.4. The lowest BCUT2D eigenvalue weighted by Gasteiger charge is -2.08. The van der Waals surface area contributed by atoms with E-state index in [4.69, 9.17) is 4.74 Å². The molecule has 0 saturated heterocycles. The summed E-state index contributed by atoms with van der Waals surface area (Å²) in [4.78, 5) is 36.4. The van der Waals surface area contributed by atoms with Gasteiger partial charge < -0.3 is 10.1 Å². The summed E-state index contributed by atoms with van der Waals surface area (Å²) in [5.41, 5.74) is 2.12. The summed E-state index contributed by atoms with van der Waals surface area (Å²) in [6.45, 7) is 5.23. The van der Waals surface area contributed by atoms with E-state index in [1.54, 1.807) is 44.2 Å². The van der Waals surface area contributed by atoms with Crippen LogP contribution >= 0.6 is 11.3 Å². The van der Waals surface area contributed by atoms with Crippen LogP contribution in [-0.2, 0) is 14.3 Å². The Balaban J connectivity index is 1.85. The standard InChI is InChI=1S/C20H21NO4S/c1-13(2)20(24)21-16-6-4-15(5-7-16)17(22)12-25-19(23)9-8-18-14(3)10-11-26-18/h4-11,13H,12H2,1-3H3,(H,21,24)/b9-8+. The van der Waals surface area contributed by atoms with Gasteiger partial charge in [0.2, 0.25) is 5.91 Å². The molecule has 0 fully saturated rings. The quantitative estimate of drug-likeness (QED) is 0.452. The minimum Gasteiger partial charge on any atom is -0.454 e. The molecule has 136 valence electrons. The molecule has 1 amide bonds. The van der Waals surface area contributed by atoms with E-state index in [0.717, 1.165) is 10.4 Å². The van der Waals surface area contributed by atoms with Gasteiger partial charge in [-0.3, -0.25) is 9.59 Å². The Morgan fingerprint density at radius 3 is 2.42 bits per heavy atom. The summed E-state index contributed by atoms with van der Waals surface area (Å²) >= 11 is 1.53. The Morgan fingerprint density at radius 1 is 1.15 bits per heavy atom. The van der Waals surface area contributed by atoms with Gasteiger partial charge in [0.1, 0.15) is 0 Å². The summed E-state index contributed by atoms with van der Waals surface area (Å²) in [6.07, 6.45) is 3.00. The zero-order chi connectivity index (χ0) is 19.1. The largest absolute Gasteiger partial charge is 0.454 e. The average molecular weight is 371 g/mol. The molecule has 1 aromatic carbocycles. The van der Waals surface area contributed by atoms with Crippen molar-refractivity contribution in [3.63, 3.8) is 0 Å². The summed E-state index contributed by atoms with van der Waals surface area (Å²) in [5, 5.41) is 4.69. The lowest BCUT2D eigenvalue weighted by atomic mass is 10.1. The van der Waals surface area contributed by atoms with Crippen molar-refractivity contribution in [3.05, 3.63) is 57.8 Å². The summed E-state index contributed by atoms with van der Waals surface area (Å²) in [7, 11) is 0. The fraction of sp³-hybridized carbons (Fsp3) is 0.250. The first kappa shape index (κ1) is 19.6. The number of carbonyl (C=O) groups is 3. The van der Waals surface area contributed by atoms with Crippen molar-refractivity contribution in [2.24, 2.45) is 5.92 Å². The second kappa shape index (κ2) is 9.10. The average Bonchev–Trinajstić information content (AvgIpc) is 3.03. The number of esters is 1. The topological polar surface area (TPSA) is 72.5 Å². The number of ether oxygens (including phenoxy) is 1. The number of Topliss-reactive ketones (excluding diaryl/α,β-unsaturated/α-hetero) is 1. The minimum absolute atomic E-state index is 0.0919. The van der Waals surface area contributed by atoms with Gasteiger partial charge in [-0.15, -0.1) is 11.3 Å².